The molecule has 0 amide bonds. The summed E-state index contributed by atoms with van der Waals surface area (Å²) in [7, 11) is 2.77. The SMILES string of the molecule is PN1CCC2CC=CC=C21. The van der Waals surface area contributed by atoms with Gasteiger partial charge in [-0.25, -0.2) is 0 Å². The van der Waals surface area contributed by atoms with Crippen LogP contribution in [-0.4, -0.2) is 11.2 Å². The molecule has 0 saturated carbocycles. The first-order valence-electron chi connectivity index (χ1n) is 3.77. The van der Waals surface area contributed by atoms with Gasteiger partial charge >= 0.3 is 0 Å². The zero-order valence-corrected chi connectivity index (χ0v) is 7.11. The smallest absolute Gasteiger partial charge is 0.0215 e. The van der Waals surface area contributed by atoms with Gasteiger partial charge in [0.2, 0.25) is 0 Å². The Bertz CT molecular complexity index is 195. The number of hydrogen-bond donors (Lipinski definition) is 0. The van der Waals surface area contributed by atoms with E-state index in [1.54, 1.807) is 0 Å². The molecule has 1 nitrogen and oxygen atoms in total. The molecule has 1 heterocycles. The molecular weight excluding hydrogens is 141 g/mol. The van der Waals surface area contributed by atoms with Crippen LogP contribution in [0.4, 0.5) is 0 Å². The molecule has 2 aliphatic rings. The number of hydrogen-bond acceptors (Lipinski definition) is 1. The van der Waals surface area contributed by atoms with Crippen molar-refractivity contribution in [3.63, 3.8) is 0 Å². The Balaban J connectivity index is 2.25. The zero-order chi connectivity index (χ0) is 6.97. The monoisotopic (exact) mass is 153 g/mol. The Morgan fingerprint density at radius 1 is 1.60 bits per heavy atom. The van der Waals surface area contributed by atoms with Crippen molar-refractivity contribution in [1.82, 2.24) is 4.67 Å². The maximum absolute atomic E-state index is 2.77. The molecule has 2 heteroatoms. The summed E-state index contributed by atoms with van der Waals surface area (Å²) in [5.41, 5.74) is 1.51. The maximum atomic E-state index is 2.77. The van der Waals surface area contributed by atoms with E-state index in [0.29, 0.717) is 0 Å². The topological polar surface area (TPSA) is 3.24 Å². The number of rotatable bonds is 0. The predicted octanol–water partition coefficient (Wildman–Crippen LogP) is 1.94. The quantitative estimate of drug-likeness (QED) is 0.481. The number of fused-ring (bicyclic) bond motifs is 1. The first-order valence-corrected chi connectivity index (χ1v) is 4.28. The molecule has 0 aromatic rings. The van der Waals surface area contributed by atoms with Crippen LogP contribution in [0.1, 0.15) is 12.8 Å². The fourth-order valence-electron chi connectivity index (χ4n) is 1.69. The van der Waals surface area contributed by atoms with Crippen molar-refractivity contribution in [3.05, 3.63) is 23.9 Å². The second kappa shape index (κ2) is 2.39. The largest absolute Gasteiger partial charge is 0.359 e. The van der Waals surface area contributed by atoms with Crippen LogP contribution < -0.4 is 0 Å². The lowest BCUT2D eigenvalue weighted by atomic mass is 9.97. The fourth-order valence-corrected chi connectivity index (χ4v) is 2.13. The van der Waals surface area contributed by atoms with Crippen molar-refractivity contribution < 1.29 is 0 Å². The maximum Gasteiger partial charge on any atom is 0.0215 e. The molecule has 1 saturated heterocycles. The highest BCUT2D eigenvalue weighted by Gasteiger charge is 2.24. The fraction of sp³-hybridized carbons (Fsp3) is 0.500. The van der Waals surface area contributed by atoms with E-state index in [1.165, 1.54) is 25.1 Å². The molecule has 0 aromatic carbocycles. The average Bonchev–Trinajstić information content (AvgIpc) is 2.34. The summed E-state index contributed by atoms with van der Waals surface area (Å²) in [6.45, 7) is 1.21. The van der Waals surface area contributed by atoms with E-state index >= 15 is 0 Å². The molecule has 1 aliphatic carbocycles. The second-order valence-electron chi connectivity index (χ2n) is 2.93. The van der Waals surface area contributed by atoms with Crippen molar-refractivity contribution in [3.8, 4) is 0 Å². The normalized spacial score (nSPS) is 30.3. The molecule has 2 unspecified atom stereocenters. The molecular formula is C8H12NP. The van der Waals surface area contributed by atoms with Crippen molar-refractivity contribution in [1.29, 1.82) is 0 Å². The van der Waals surface area contributed by atoms with E-state index in [1.807, 2.05) is 0 Å². The molecule has 0 N–H and O–H groups in total. The second-order valence-corrected chi connectivity index (χ2v) is 3.56. The van der Waals surface area contributed by atoms with E-state index in [-0.39, 0.29) is 0 Å². The van der Waals surface area contributed by atoms with Crippen LogP contribution in [0.15, 0.2) is 23.9 Å². The van der Waals surface area contributed by atoms with E-state index in [0.717, 1.165) is 5.92 Å². The minimum atomic E-state index is 0.822. The lowest BCUT2D eigenvalue weighted by Gasteiger charge is -2.17. The summed E-state index contributed by atoms with van der Waals surface area (Å²) in [4.78, 5) is 0. The minimum Gasteiger partial charge on any atom is -0.359 e. The third-order valence-electron chi connectivity index (χ3n) is 2.29. The Morgan fingerprint density at radius 2 is 2.50 bits per heavy atom. The Kier molecular flexibility index (Phi) is 1.54. The zero-order valence-electron chi connectivity index (χ0n) is 5.96. The standard InChI is InChI=1S/C8H12NP/c10-9-6-5-7-3-1-2-4-8(7)9/h1-2,4,7H,3,5-6,10H2. The first kappa shape index (κ1) is 6.42. The summed E-state index contributed by atoms with van der Waals surface area (Å²) < 4.78 is 2.29. The summed E-state index contributed by atoms with van der Waals surface area (Å²) in [5.74, 6) is 0.822. The lowest BCUT2D eigenvalue weighted by molar-refractivity contribution is 0.631. The third-order valence-corrected chi connectivity index (χ3v) is 2.85. The van der Waals surface area contributed by atoms with Gasteiger partial charge in [-0.15, -0.1) is 0 Å². The number of nitrogens with zero attached hydrogens (tertiary/aromatic N) is 1. The van der Waals surface area contributed by atoms with Crippen LogP contribution in [0.25, 0.3) is 0 Å². The van der Waals surface area contributed by atoms with Crippen LogP contribution in [-0.2, 0) is 0 Å². The van der Waals surface area contributed by atoms with Gasteiger partial charge in [-0.1, -0.05) is 12.2 Å². The van der Waals surface area contributed by atoms with Gasteiger partial charge in [0.25, 0.3) is 0 Å². The van der Waals surface area contributed by atoms with Crippen LogP contribution in [0.5, 0.6) is 0 Å². The highest BCUT2D eigenvalue weighted by Crippen LogP contribution is 2.35. The molecule has 0 spiro atoms. The molecule has 54 valence electrons. The Labute approximate surface area is 64.0 Å². The molecule has 2 rings (SSSR count). The van der Waals surface area contributed by atoms with Crippen molar-refractivity contribution in [2.75, 3.05) is 6.54 Å². The van der Waals surface area contributed by atoms with Crippen LogP contribution >= 0.6 is 9.39 Å². The van der Waals surface area contributed by atoms with Gasteiger partial charge in [0.15, 0.2) is 0 Å². The molecule has 2 atom stereocenters. The summed E-state index contributed by atoms with van der Waals surface area (Å²) >= 11 is 0. The third kappa shape index (κ3) is 0.894. The lowest BCUT2D eigenvalue weighted by Crippen LogP contribution is -2.06. The molecule has 0 aromatic heterocycles. The molecule has 10 heavy (non-hydrogen) atoms. The number of allylic oxidation sites excluding steroid dienone is 4. The summed E-state index contributed by atoms with van der Waals surface area (Å²) in [6, 6.07) is 0. The Morgan fingerprint density at radius 3 is 3.30 bits per heavy atom. The molecule has 0 radical (unpaired) electrons. The van der Waals surface area contributed by atoms with Crippen molar-refractivity contribution in [2.24, 2.45) is 5.92 Å². The van der Waals surface area contributed by atoms with E-state index < -0.39 is 0 Å². The average molecular weight is 153 g/mol. The summed E-state index contributed by atoms with van der Waals surface area (Å²) in [5, 5.41) is 0. The van der Waals surface area contributed by atoms with Crippen LogP contribution in [0, 0.1) is 5.92 Å². The van der Waals surface area contributed by atoms with Gasteiger partial charge in [-0.3, -0.25) is 0 Å². The highest BCUT2D eigenvalue weighted by molar-refractivity contribution is 7.13. The molecule has 1 aliphatic heterocycles. The van der Waals surface area contributed by atoms with Gasteiger partial charge in [0, 0.05) is 18.2 Å². The highest BCUT2D eigenvalue weighted by atomic mass is 31.0. The minimum absolute atomic E-state index is 0.822. The molecule has 1 fully saturated rings. The first-order chi connectivity index (χ1) is 4.88. The molecule has 0 bridgehead atoms. The van der Waals surface area contributed by atoms with Gasteiger partial charge in [-0.05, 0) is 28.3 Å². The van der Waals surface area contributed by atoms with Gasteiger partial charge in [-0.2, -0.15) is 0 Å². The Hall–Kier alpha value is -0.290. The summed E-state index contributed by atoms with van der Waals surface area (Å²) in [6.07, 6.45) is 9.23. The predicted molar refractivity (Wildman–Crippen MR) is 46.4 cm³/mol. The van der Waals surface area contributed by atoms with E-state index in [2.05, 4.69) is 32.3 Å². The van der Waals surface area contributed by atoms with Crippen molar-refractivity contribution in [2.45, 2.75) is 12.8 Å². The van der Waals surface area contributed by atoms with Crippen LogP contribution in [0.3, 0.4) is 0 Å². The van der Waals surface area contributed by atoms with Crippen molar-refractivity contribution >= 4 is 9.39 Å². The van der Waals surface area contributed by atoms with E-state index in [4.69, 9.17) is 0 Å². The van der Waals surface area contributed by atoms with E-state index in [9.17, 15) is 0 Å². The van der Waals surface area contributed by atoms with Gasteiger partial charge in [0.1, 0.15) is 0 Å². The van der Waals surface area contributed by atoms with Gasteiger partial charge in [0.05, 0.1) is 0 Å². The van der Waals surface area contributed by atoms with Gasteiger partial charge < -0.3 is 4.67 Å². The van der Waals surface area contributed by atoms with Crippen LogP contribution in [0.2, 0.25) is 0 Å².